The van der Waals surface area contributed by atoms with E-state index in [1.54, 1.807) is 18.5 Å². The van der Waals surface area contributed by atoms with Crippen LogP contribution in [0.25, 0.3) is 0 Å². The predicted octanol–water partition coefficient (Wildman–Crippen LogP) is 2.83. The van der Waals surface area contributed by atoms with E-state index >= 15 is 0 Å². The summed E-state index contributed by atoms with van der Waals surface area (Å²) in [5.74, 6) is 0.694. The van der Waals surface area contributed by atoms with Crippen molar-refractivity contribution in [3.63, 3.8) is 0 Å². The average molecular weight is 247 g/mol. The standard InChI is InChI=1S/C14H18FN3/c1-2-7-16-13(14-17-8-9-18-14)10-11-5-3-4-6-12(11)15/h3-6,8-9,13,16H,2,7,10H2,1H3,(H,17,18). The van der Waals surface area contributed by atoms with Crippen molar-refractivity contribution in [2.75, 3.05) is 6.54 Å². The van der Waals surface area contributed by atoms with Gasteiger partial charge in [0.2, 0.25) is 0 Å². The second kappa shape index (κ2) is 6.31. The minimum Gasteiger partial charge on any atom is -0.347 e. The SMILES string of the molecule is CCCNC(Cc1ccccc1F)c1ncc[nH]1. The maximum absolute atomic E-state index is 13.7. The van der Waals surface area contributed by atoms with Crippen LogP contribution in [0.15, 0.2) is 36.7 Å². The van der Waals surface area contributed by atoms with E-state index in [-0.39, 0.29) is 11.9 Å². The van der Waals surface area contributed by atoms with Gasteiger partial charge in [-0.25, -0.2) is 9.37 Å². The number of aromatic amines is 1. The molecule has 0 saturated heterocycles. The van der Waals surface area contributed by atoms with Crippen LogP contribution in [0, 0.1) is 5.82 Å². The highest BCUT2D eigenvalue weighted by Crippen LogP contribution is 2.17. The Morgan fingerprint density at radius 3 is 2.89 bits per heavy atom. The molecule has 2 N–H and O–H groups in total. The van der Waals surface area contributed by atoms with Crippen LogP contribution in [-0.4, -0.2) is 16.5 Å². The first-order valence-electron chi connectivity index (χ1n) is 6.27. The smallest absolute Gasteiger partial charge is 0.126 e. The molecule has 0 aliphatic rings. The Morgan fingerprint density at radius 2 is 2.22 bits per heavy atom. The molecule has 3 nitrogen and oxygen atoms in total. The maximum Gasteiger partial charge on any atom is 0.126 e. The lowest BCUT2D eigenvalue weighted by Crippen LogP contribution is -2.25. The minimum atomic E-state index is -0.160. The van der Waals surface area contributed by atoms with E-state index < -0.39 is 0 Å². The molecule has 0 amide bonds. The van der Waals surface area contributed by atoms with E-state index in [0.29, 0.717) is 12.0 Å². The van der Waals surface area contributed by atoms with Gasteiger partial charge < -0.3 is 10.3 Å². The van der Waals surface area contributed by atoms with Gasteiger partial charge >= 0.3 is 0 Å². The van der Waals surface area contributed by atoms with Gasteiger partial charge in [-0.2, -0.15) is 0 Å². The molecule has 0 aliphatic heterocycles. The molecular weight excluding hydrogens is 229 g/mol. The highest BCUT2D eigenvalue weighted by atomic mass is 19.1. The third-order valence-electron chi connectivity index (χ3n) is 2.87. The summed E-state index contributed by atoms with van der Waals surface area (Å²) >= 11 is 0. The summed E-state index contributed by atoms with van der Waals surface area (Å²) < 4.78 is 13.7. The fraction of sp³-hybridized carbons (Fsp3) is 0.357. The van der Waals surface area contributed by atoms with E-state index in [4.69, 9.17) is 0 Å². The summed E-state index contributed by atoms with van der Waals surface area (Å²) in [5, 5.41) is 3.39. The molecular formula is C14H18FN3. The van der Waals surface area contributed by atoms with Gasteiger partial charge in [-0.05, 0) is 31.0 Å². The molecule has 0 saturated carbocycles. The summed E-state index contributed by atoms with van der Waals surface area (Å²) in [4.78, 5) is 7.34. The zero-order valence-corrected chi connectivity index (χ0v) is 10.5. The number of H-pyrrole nitrogens is 1. The van der Waals surface area contributed by atoms with E-state index in [0.717, 1.165) is 18.8 Å². The number of benzene rings is 1. The Hall–Kier alpha value is -1.68. The molecule has 1 unspecified atom stereocenters. The quantitative estimate of drug-likeness (QED) is 0.824. The zero-order chi connectivity index (χ0) is 12.8. The molecule has 1 atom stereocenters. The molecule has 0 spiro atoms. The lowest BCUT2D eigenvalue weighted by Gasteiger charge is -2.16. The number of nitrogens with zero attached hydrogens (tertiary/aromatic N) is 1. The van der Waals surface area contributed by atoms with Gasteiger partial charge in [0.05, 0.1) is 6.04 Å². The van der Waals surface area contributed by atoms with E-state index in [2.05, 4.69) is 22.2 Å². The summed E-state index contributed by atoms with van der Waals surface area (Å²) in [6.45, 7) is 3.00. The number of aromatic nitrogens is 2. The summed E-state index contributed by atoms with van der Waals surface area (Å²) in [5.41, 5.74) is 0.711. The molecule has 2 rings (SSSR count). The van der Waals surface area contributed by atoms with Crippen LogP contribution >= 0.6 is 0 Å². The molecule has 18 heavy (non-hydrogen) atoms. The third-order valence-corrected chi connectivity index (χ3v) is 2.87. The topological polar surface area (TPSA) is 40.7 Å². The Kier molecular flexibility index (Phi) is 4.47. The Morgan fingerprint density at radius 1 is 1.39 bits per heavy atom. The van der Waals surface area contributed by atoms with Crippen LogP contribution in [0.3, 0.4) is 0 Å². The van der Waals surface area contributed by atoms with Crippen LogP contribution in [0.1, 0.15) is 30.8 Å². The van der Waals surface area contributed by atoms with Crippen molar-refractivity contribution in [2.24, 2.45) is 0 Å². The van der Waals surface area contributed by atoms with E-state index in [9.17, 15) is 4.39 Å². The van der Waals surface area contributed by atoms with Crippen LogP contribution in [0.4, 0.5) is 4.39 Å². The monoisotopic (exact) mass is 247 g/mol. The van der Waals surface area contributed by atoms with Gasteiger partial charge in [-0.15, -0.1) is 0 Å². The molecule has 0 radical (unpaired) electrons. The second-order valence-electron chi connectivity index (χ2n) is 4.28. The number of nitrogens with one attached hydrogen (secondary N) is 2. The van der Waals surface area contributed by atoms with Crippen molar-refractivity contribution in [1.29, 1.82) is 0 Å². The molecule has 2 aromatic rings. The van der Waals surface area contributed by atoms with E-state index in [1.165, 1.54) is 6.07 Å². The van der Waals surface area contributed by atoms with Crippen molar-refractivity contribution in [3.8, 4) is 0 Å². The highest BCUT2D eigenvalue weighted by molar-refractivity contribution is 5.19. The Balaban J connectivity index is 2.13. The first kappa shape index (κ1) is 12.8. The van der Waals surface area contributed by atoms with Crippen LogP contribution < -0.4 is 5.32 Å². The maximum atomic E-state index is 13.7. The number of rotatable bonds is 6. The zero-order valence-electron chi connectivity index (χ0n) is 10.5. The van der Waals surface area contributed by atoms with Gasteiger partial charge in [0.15, 0.2) is 0 Å². The van der Waals surface area contributed by atoms with Gasteiger partial charge in [0.1, 0.15) is 11.6 Å². The van der Waals surface area contributed by atoms with Crippen LogP contribution in [0.2, 0.25) is 0 Å². The minimum absolute atomic E-state index is 0.0249. The van der Waals surface area contributed by atoms with Gasteiger partial charge in [0, 0.05) is 12.4 Å². The second-order valence-corrected chi connectivity index (χ2v) is 4.28. The molecule has 0 bridgehead atoms. The molecule has 0 fully saturated rings. The largest absolute Gasteiger partial charge is 0.347 e. The Labute approximate surface area is 106 Å². The van der Waals surface area contributed by atoms with Gasteiger partial charge in [-0.3, -0.25) is 0 Å². The van der Waals surface area contributed by atoms with Crippen molar-refractivity contribution in [2.45, 2.75) is 25.8 Å². The first-order chi connectivity index (χ1) is 8.81. The lowest BCUT2D eigenvalue weighted by atomic mass is 10.0. The molecule has 96 valence electrons. The van der Waals surface area contributed by atoms with E-state index in [1.807, 2.05) is 12.1 Å². The van der Waals surface area contributed by atoms with Crippen molar-refractivity contribution >= 4 is 0 Å². The highest BCUT2D eigenvalue weighted by Gasteiger charge is 2.15. The van der Waals surface area contributed by atoms with Crippen molar-refractivity contribution in [3.05, 3.63) is 53.9 Å². The number of hydrogen-bond acceptors (Lipinski definition) is 2. The van der Waals surface area contributed by atoms with Crippen LogP contribution in [0.5, 0.6) is 0 Å². The van der Waals surface area contributed by atoms with Gasteiger partial charge in [-0.1, -0.05) is 25.1 Å². The normalized spacial score (nSPS) is 12.6. The predicted molar refractivity (Wildman–Crippen MR) is 69.7 cm³/mol. The molecule has 4 heteroatoms. The summed E-state index contributed by atoms with van der Waals surface area (Å²) in [6, 6.07) is 6.90. The molecule has 1 aromatic heterocycles. The fourth-order valence-electron chi connectivity index (χ4n) is 1.94. The van der Waals surface area contributed by atoms with Crippen molar-refractivity contribution < 1.29 is 4.39 Å². The van der Waals surface area contributed by atoms with Crippen molar-refractivity contribution in [1.82, 2.24) is 15.3 Å². The third kappa shape index (κ3) is 3.17. The summed E-state index contributed by atoms with van der Waals surface area (Å²) in [7, 11) is 0. The first-order valence-corrected chi connectivity index (χ1v) is 6.27. The summed E-state index contributed by atoms with van der Waals surface area (Å²) in [6.07, 6.45) is 5.14. The number of halogens is 1. The number of imidazole rings is 1. The fourth-order valence-corrected chi connectivity index (χ4v) is 1.94. The lowest BCUT2D eigenvalue weighted by molar-refractivity contribution is 0.495. The molecule has 1 heterocycles. The number of hydrogen-bond donors (Lipinski definition) is 2. The van der Waals surface area contributed by atoms with Gasteiger partial charge in [0.25, 0.3) is 0 Å². The van der Waals surface area contributed by atoms with Crippen LogP contribution in [-0.2, 0) is 6.42 Å². The molecule has 0 aliphatic carbocycles. The Bertz CT molecular complexity index is 468. The molecule has 1 aromatic carbocycles. The average Bonchev–Trinajstić information content (AvgIpc) is 2.90.